The summed E-state index contributed by atoms with van der Waals surface area (Å²) in [6.07, 6.45) is 6.85. The van der Waals surface area contributed by atoms with Gasteiger partial charge in [-0.3, -0.25) is 4.79 Å². The van der Waals surface area contributed by atoms with E-state index in [0.29, 0.717) is 24.7 Å². The number of amides is 1. The highest BCUT2D eigenvalue weighted by Crippen LogP contribution is 2.36. The van der Waals surface area contributed by atoms with Crippen LogP contribution >= 0.6 is 0 Å². The Kier molecular flexibility index (Phi) is 6.82. The van der Waals surface area contributed by atoms with Crippen molar-refractivity contribution in [3.8, 4) is 5.75 Å². The highest BCUT2D eigenvalue weighted by Gasteiger charge is 2.37. The first-order valence-electron chi connectivity index (χ1n) is 10.4. The molecule has 2 aliphatic rings. The van der Waals surface area contributed by atoms with Crippen LogP contribution in [0.5, 0.6) is 5.75 Å². The van der Waals surface area contributed by atoms with Crippen molar-refractivity contribution in [3.63, 3.8) is 0 Å². The summed E-state index contributed by atoms with van der Waals surface area (Å²) in [5.41, 5.74) is 7.74. The molecule has 1 amide bonds. The average Bonchev–Trinajstić information content (AvgIpc) is 2.64. The average molecular weight is 372 g/mol. The molecule has 1 aromatic carbocycles. The maximum Gasteiger partial charge on any atom is 0.547 e. The van der Waals surface area contributed by atoms with Crippen LogP contribution in [0.1, 0.15) is 56.6 Å². The number of hydrogen-bond donors (Lipinski definition) is 3. The molecular weight excluding hydrogens is 339 g/mol. The summed E-state index contributed by atoms with van der Waals surface area (Å²) < 4.78 is 5.66. The minimum atomic E-state index is -0.990. The van der Waals surface area contributed by atoms with Gasteiger partial charge in [-0.25, -0.2) is 0 Å². The van der Waals surface area contributed by atoms with Gasteiger partial charge >= 0.3 is 7.12 Å². The van der Waals surface area contributed by atoms with E-state index in [9.17, 15) is 9.82 Å². The van der Waals surface area contributed by atoms with Gasteiger partial charge in [0.1, 0.15) is 5.75 Å². The van der Waals surface area contributed by atoms with Crippen LogP contribution in [0.3, 0.4) is 0 Å². The molecule has 0 bridgehead atoms. The number of benzene rings is 1. The number of carbonyl (C=O) groups excluding carboxylic acids is 1. The fraction of sp³-hybridized carbons (Fsp3) is 0.667. The summed E-state index contributed by atoms with van der Waals surface area (Å²) in [6, 6.07) is 5.95. The number of carbonyl (C=O) groups is 1. The Labute approximate surface area is 163 Å². The number of hydrogen-bond acceptors (Lipinski definition) is 4. The summed E-state index contributed by atoms with van der Waals surface area (Å²) >= 11 is 0. The van der Waals surface area contributed by atoms with Crippen molar-refractivity contribution in [3.05, 3.63) is 29.3 Å². The fourth-order valence-electron chi connectivity index (χ4n) is 4.69. The highest BCUT2D eigenvalue weighted by molar-refractivity contribution is 6.46. The van der Waals surface area contributed by atoms with Crippen molar-refractivity contribution in [1.29, 1.82) is 0 Å². The summed E-state index contributed by atoms with van der Waals surface area (Å²) in [5.74, 6) is 2.27. The molecule has 4 N–H and O–H groups in total. The van der Waals surface area contributed by atoms with Crippen molar-refractivity contribution in [1.82, 2.24) is 5.32 Å². The van der Waals surface area contributed by atoms with E-state index >= 15 is 0 Å². The Hall–Kier alpha value is -1.53. The van der Waals surface area contributed by atoms with Crippen molar-refractivity contribution in [2.45, 2.75) is 64.7 Å². The van der Waals surface area contributed by atoms with E-state index in [1.54, 1.807) is 0 Å². The van der Waals surface area contributed by atoms with E-state index in [1.165, 1.54) is 12.8 Å². The zero-order valence-electron chi connectivity index (χ0n) is 16.6. The first-order chi connectivity index (χ1) is 13.0. The molecule has 0 spiro atoms. The number of aryl methyl sites for hydroxylation is 1. The van der Waals surface area contributed by atoms with E-state index in [4.69, 9.17) is 10.4 Å². The van der Waals surface area contributed by atoms with E-state index < -0.39 is 7.12 Å². The normalized spacial score (nSPS) is 26.1. The first kappa shape index (κ1) is 20.2. The van der Waals surface area contributed by atoms with Crippen LogP contribution in [0.25, 0.3) is 0 Å². The third-order valence-corrected chi connectivity index (χ3v) is 6.45. The zero-order chi connectivity index (χ0) is 19.4. The monoisotopic (exact) mass is 372 g/mol. The minimum absolute atomic E-state index is 0.0252. The molecule has 1 heterocycles. The van der Waals surface area contributed by atoms with E-state index in [0.717, 1.165) is 48.6 Å². The number of nitrogens with one attached hydrogen (secondary N) is 1. The number of para-hydroxylation sites is 1. The molecule has 1 fully saturated rings. The Balaban J connectivity index is 1.47. The summed E-state index contributed by atoms with van der Waals surface area (Å²) in [4.78, 5) is 12.5. The van der Waals surface area contributed by atoms with Gasteiger partial charge in [-0.05, 0) is 80.9 Å². The largest absolute Gasteiger partial charge is 0.547 e. The van der Waals surface area contributed by atoms with E-state index in [-0.39, 0.29) is 11.8 Å². The molecule has 0 aromatic heterocycles. The predicted octanol–water partition coefficient (Wildman–Crippen LogP) is 2.62. The van der Waals surface area contributed by atoms with Gasteiger partial charge < -0.3 is 20.7 Å². The third kappa shape index (κ3) is 5.05. The second-order valence-electron chi connectivity index (χ2n) is 8.49. The summed E-state index contributed by atoms with van der Waals surface area (Å²) in [6.45, 7) is 5.03. The van der Waals surface area contributed by atoms with Crippen LogP contribution in [-0.4, -0.2) is 30.5 Å². The first-order valence-corrected chi connectivity index (χ1v) is 10.4. The lowest BCUT2D eigenvalue weighted by Crippen LogP contribution is -2.53. The Bertz CT molecular complexity index is 646. The topological polar surface area (TPSA) is 84.6 Å². The third-order valence-electron chi connectivity index (χ3n) is 6.45. The molecule has 0 unspecified atom stereocenters. The molecule has 2 atom stereocenters. The molecule has 1 aromatic rings. The molecule has 0 saturated heterocycles. The molecule has 6 heteroatoms. The van der Waals surface area contributed by atoms with Gasteiger partial charge in [0.05, 0.1) is 5.94 Å². The quantitative estimate of drug-likeness (QED) is 0.671. The van der Waals surface area contributed by atoms with Crippen molar-refractivity contribution >= 4 is 13.0 Å². The maximum absolute atomic E-state index is 12.5. The molecule has 1 saturated carbocycles. The standard InChI is InChI=1S/C21H33BN2O3/c1-14(10-11-23)17-8-6-16(7-9-17)12-20(25)24-19-13-18-5-3-4-15(2)21(18)27-22(19)26/h3-5,14,16-17,19,26H,6-13,23H2,1-2H3,(H,24,25)/t14-,16?,17?,19+/m1/s1. The van der Waals surface area contributed by atoms with Gasteiger partial charge in [-0.15, -0.1) is 0 Å². The Morgan fingerprint density at radius 1 is 1.37 bits per heavy atom. The van der Waals surface area contributed by atoms with Gasteiger partial charge in [-0.1, -0.05) is 25.1 Å². The van der Waals surface area contributed by atoms with Gasteiger partial charge in [0.25, 0.3) is 0 Å². The van der Waals surface area contributed by atoms with Crippen LogP contribution in [-0.2, 0) is 11.2 Å². The second-order valence-corrected chi connectivity index (χ2v) is 8.49. The minimum Gasteiger partial charge on any atom is -0.534 e. The molecule has 0 radical (unpaired) electrons. The van der Waals surface area contributed by atoms with E-state index in [1.807, 2.05) is 25.1 Å². The molecule has 3 rings (SSSR count). The molecular formula is C21H33BN2O3. The summed E-state index contributed by atoms with van der Waals surface area (Å²) in [5, 5.41) is 13.3. The van der Waals surface area contributed by atoms with E-state index in [2.05, 4.69) is 12.2 Å². The number of fused-ring (bicyclic) bond motifs is 1. The highest BCUT2D eigenvalue weighted by atomic mass is 16.5. The smallest absolute Gasteiger partial charge is 0.534 e. The lowest BCUT2D eigenvalue weighted by Gasteiger charge is -2.33. The number of rotatable bonds is 6. The molecule has 27 heavy (non-hydrogen) atoms. The molecule has 5 nitrogen and oxygen atoms in total. The van der Waals surface area contributed by atoms with Crippen LogP contribution < -0.4 is 15.7 Å². The van der Waals surface area contributed by atoms with Crippen molar-refractivity contribution in [2.75, 3.05) is 6.54 Å². The maximum atomic E-state index is 12.5. The van der Waals surface area contributed by atoms with Crippen LogP contribution in [0.4, 0.5) is 0 Å². The number of nitrogens with two attached hydrogens (primary N) is 1. The van der Waals surface area contributed by atoms with Crippen LogP contribution in [0.2, 0.25) is 0 Å². The van der Waals surface area contributed by atoms with Gasteiger partial charge in [0.2, 0.25) is 5.91 Å². The zero-order valence-corrected chi connectivity index (χ0v) is 16.6. The van der Waals surface area contributed by atoms with Gasteiger partial charge in [-0.2, -0.15) is 0 Å². The molecule has 148 valence electrons. The summed E-state index contributed by atoms with van der Waals surface area (Å²) in [7, 11) is -0.990. The Morgan fingerprint density at radius 2 is 2.11 bits per heavy atom. The lowest BCUT2D eigenvalue weighted by molar-refractivity contribution is -0.122. The fourth-order valence-corrected chi connectivity index (χ4v) is 4.69. The lowest BCUT2D eigenvalue weighted by atomic mass is 9.71. The second kappa shape index (κ2) is 9.11. The van der Waals surface area contributed by atoms with Crippen LogP contribution in [0.15, 0.2) is 18.2 Å². The van der Waals surface area contributed by atoms with Gasteiger partial charge in [0, 0.05) is 6.42 Å². The molecule has 1 aliphatic carbocycles. The molecule has 1 aliphatic heterocycles. The van der Waals surface area contributed by atoms with Crippen molar-refractivity contribution < 1.29 is 14.5 Å². The van der Waals surface area contributed by atoms with Gasteiger partial charge in [0.15, 0.2) is 0 Å². The Morgan fingerprint density at radius 3 is 2.81 bits per heavy atom. The predicted molar refractivity (Wildman–Crippen MR) is 108 cm³/mol. The SMILES string of the molecule is Cc1cccc2c1OB(O)[C@@H](NC(=O)CC1CCC([C@H](C)CCN)CC1)C2. The van der Waals surface area contributed by atoms with Crippen molar-refractivity contribution in [2.24, 2.45) is 23.5 Å². The van der Waals surface area contributed by atoms with Crippen LogP contribution in [0, 0.1) is 24.7 Å².